The van der Waals surface area contributed by atoms with E-state index in [-0.39, 0.29) is 30.6 Å². The van der Waals surface area contributed by atoms with Crippen molar-refractivity contribution in [3.63, 3.8) is 0 Å². The van der Waals surface area contributed by atoms with Crippen LogP contribution in [-0.4, -0.2) is 126 Å². The number of unbranched alkanes of at least 4 members (excludes halogenated alkanes) is 4. The molecule has 2 aliphatic rings. The first-order valence-electron chi connectivity index (χ1n) is 13.5. The van der Waals surface area contributed by atoms with Crippen LogP contribution in [0.5, 0.6) is 0 Å². The van der Waals surface area contributed by atoms with Crippen LogP contribution in [0, 0.1) is 0 Å². The second kappa shape index (κ2) is 17.3. The van der Waals surface area contributed by atoms with Crippen molar-refractivity contribution >= 4 is 11.8 Å². The van der Waals surface area contributed by atoms with Gasteiger partial charge in [-0.3, -0.25) is 9.59 Å². The van der Waals surface area contributed by atoms with Gasteiger partial charge in [0, 0.05) is 33.6 Å². The van der Waals surface area contributed by atoms with Gasteiger partial charge in [-0.25, -0.2) is 0 Å². The first kappa shape index (κ1) is 31.8. The van der Waals surface area contributed by atoms with E-state index in [9.17, 15) is 30.0 Å². The van der Waals surface area contributed by atoms with Gasteiger partial charge in [0.25, 0.3) is 0 Å². The van der Waals surface area contributed by atoms with Gasteiger partial charge in [-0.2, -0.15) is 0 Å². The Morgan fingerprint density at radius 1 is 1.00 bits per heavy atom. The topological polar surface area (TPSA) is 170 Å². The number of carbonyl (C=O) groups excluding carboxylic acids is 2. The van der Waals surface area contributed by atoms with Gasteiger partial charge < -0.3 is 50.2 Å². The van der Waals surface area contributed by atoms with Gasteiger partial charge >= 0.3 is 0 Å². The summed E-state index contributed by atoms with van der Waals surface area (Å²) in [6.45, 7) is 3.49. The van der Waals surface area contributed by atoms with E-state index in [0.29, 0.717) is 26.0 Å². The van der Waals surface area contributed by atoms with Gasteiger partial charge in [-0.05, 0) is 51.6 Å². The number of aliphatic hydroxyl groups excluding tert-OH is 4. The van der Waals surface area contributed by atoms with Crippen molar-refractivity contribution in [2.24, 2.45) is 0 Å². The number of likely N-dealkylation sites (tertiary alicyclic amines) is 1. The van der Waals surface area contributed by atoms with Crippen LogP contribution >= 0.6 is 0 Å². The summed E-state index contributed by atoms with van der Waals surface area (Å²) in [5.74, 6) is -0.288. The Kier molecular flexibility index (Phi) is 14.8. The highest BCUT2D eigenvalue weighted by molar-refractivity contribution is 5.77. The normalized spacial score (nSPS) is 30.0. The molecule has 0 radical (unpaired) electrons. The minimum atomic E-state index is -1.32. The smallest absolute Gasteiger partial charge is 0.222 e. The largest absolute Gasteiger partial charge is 0.394 e. The molecule has 216 valence electrons. The van der Waals surface area contributed by atoms with Gasteiger partial charge in [0.1, 0.15) is 24.4 Å². The van der Waals surface area contributed by atoms with Crippen molar-refractivity contribution in [1.82, 2.24) is 15.5 Å². The van der Waals surface area contributed by atoms with Crippen LogP contribution in [0.25, 0.3) is 0 Å². The third-order valence-corrected chi connectivity index (χ3v) is 7.02. The maximum absolute atomic E-state index is 12.4. The van der Waals surface area contributed by atoms with Crippen LogP contribution in [0.3, 0.4) is 0 Å². The Morgan fingerprint density at radius 2 is 1.70 bits per heavy atom. The molecule has 7 atom stereocenters. The second-order valence-electron chi connectivity index (χ2n) is 9.90. The number of rotatable bonds is 17. The van der Waals surface area contributed by atoms with E-state index in [2.05, 4.69) is 10.6 Å². The first-order chi connectivity index (χ1) is 17.8. The molecule has 12 heteroatoms. The van der Waals surface area contributed by atoms with Crippen LogP contribution in [0.15, 0.2) is 0 Å². The summed E-state index contributed by atoms with van der Waals surface area (Å²) in [5.41, 5.74) is 0. The van der Waals surface area contributed by atoms with E-state index >= 15 is 0 Å². The molecule has 5 unspecified atom stereocenters. The first-order valence-corrected chi connectivity index (χ1v) is 13.5. The molecule has 37 heavy (non-hydrogen) atoms. The molecule has 2 heterocycles. The number of nitrogens with zero attached hydrogens (tertiary/aromatic N) is 1. The molecule has 12 nitrogen and oxygen atoms in total. The van der Waals surface area contributed by atoms with E-state index < -0.39 is 37.3 Å². The van der Waals surface area contributed by atoms with E-state index in [1.807, 2.05) is 0 Å². The molecular weight excluding hydrogens is 486 g/mol. The van der Waals surface area contributed by atoms with Crippen molar-refractivity contribution < 1.29 is 44.2 Å². The highest BCUT2D eigenvalue weighted by Crippen LogP contribution is 2.23. The molecule has 6 N–H and O–H groups in total. The number of aliphatic hydroxyl groups is 4. The molecule has 2 aliphatic heterocycles. The van der Waals surface area contributed by atoms with Gasteiger partial charge in [0.15, 0.2) is 6.29 Å². The molecule has 0 aliphatic carbocycles. The van der Waals surface area contributed by atoms with Crippen LogP contribution in [0.1, 0.15) is 58.3 Å². The minimum absolute atomic E-state index is 0.0126. The lowest BCUT2D eigenvalue weighted by Gasteiger charge is -2.42. The third kappa shape index (κ3) is 10.4. The number of hydrogen-bond donors (Lipinski definition) is 6. The molecule has 0 saturated carbocycles. The lowest BCUT2D eigenvalue weighted by molar-refractivity contribution is -0.270. The van der Waals surface area contributed by atoms with Gasteiger partial charge in [-0.15, -0.1) is 0 Å². The second-order valence-corrected chi connectivity index (χ2v) is 9.90. The zero-order valence-electron chi connectivity index (χ0n) is 22.2. The summed E-state index contributed by atoms with van der Waals surface area (Å²) >= 11 is 0. The Labute approximate surface area is 219 Å². The highest BCUT2D eigenvalue weighted by Gasteiger charge is 2.45. The number of amides is 2. The number of ether oxygens (including phenoxy) is 3. The zero-order valence-corrected chi connectivity index (χ0v) is 22.2. The monoisotopic (exact) mass is 533 g/mol. The fourth-order valence-corrected chi connectivity index (χ4v) is 4.84. The molecule has 0 spiro atoms. The highest BCUT2D eigenvalue weighted by atomic mass is 16.7. The van der Waals surface area contributed by atoms with Crippen LogP contribution < -0.4 is 10.6 Å². The lowest BCUT2D eigenvalue weighted by atomic mass is 9.97. The Balaban J connectivity index is 1.49. The average molecular weight is 534 g/mol. The molecule has 0 aromatic rings. The fraction of sp³-hybridized carbons (Fsp3) is 0.920. The Hall–Kier alpha value is -1.38. The maximum Gasteiger partial charge on any atom is 0.222 e. The van der Waals surface area contributed by atoms with Crippen molar-refractivity contribution in [2.75, 3.05) is 46.6 Å². The van der Waals surface area contributed by atoms with E-state index in [1.165, 1.54) is 6.92 Å². The summed E-state index contributed by atoms with van der Waals surface area (Å²) in [7, 11) is 1.64. The van der Waals surface area contributed by atoms with Gasteiger partial charge in [0.05, 0.1) is 25.4 Å². The minimum Gasteiger partial charge on any atom is -0.394 e. The molecule has 0 aromatic heterocycles. The Bertz CT molecular complexity index is 671. The summed E-state index contributed by atoms with van der Waals surface area (Å²) in [4.78, 5) is 25.6. The molecule has 2 rings (SSSR count). The van der Waals surface area contributed by atoms with Crippen LogP contribution in [0.4, 0.5) is 0 Å². The third-order valence-electron chi connectivity index (χ3n) is 7.02. The molecule has 0 aromatic carbocycles. The van der Waals surface area contributed by atoms with E-state index in [0.717, 1.165) is 51.6 Å². The number of methoxy groups -OCH3 is 1. The number of hydrogen-bond acceptors (Lipinski definition) is 10. The predicted octanol–water partition coefficient (Wildman–Crippen LogP) is -1.12. The molecule has 2 amide bonds. The van der Waals surface area contributed by atoms with Crippen molar-refractivity contribution in [3.05, 3.63) is 0 Å². The van der Waals surface area contributed by atoms with E-state index in [4.69, 9.17) is 14.2 Å². The van der Waals surface area contributed by atoms with Crippen molar-refractivity contribution in [2.45, 2.75) is 101 Å². The lowest BCUT2D eigenvalue weighted by Crippen LogP contribution is -2.64. The van der Waals surface area contributed by atoms with Crippen LogP contribution in [-0.2, 0) is 23.8 Å². The van der Waals surface area contributed by atoms with Crippen molar-refractivity contribution in [1.29, 1.82) is 0 Å². The van der Waals surface area contributed by atoms with Gasteiger partial charge in [0.2, 0.25) is 11.8 Å². The van der Waals surface area contributed by atoms with Gasteiger partial charge in [-0.1, -0.05) is 6.42 Å². The predicted molar refractivity (Wildman–Crippen MR) is 135 cm³/mol. The fourth-order valence-electron chi connectivity index (χ4n) is 4.84. The Morgan fingerprint density at radius 3 is 2.32 bits per heavy atom. The summed E-state index contributed by atoms with van der Waals surface area (Å²) in [5, 5.41) is 45.1. The van der Waals surface area contributed by atoms with Crippen molar-refractivity contribution in [3.8, 4) is 0 Å². The summed E-state index contributed by atoms with van der Waals surface area (Å²) < 4.78 is 16.6. The molecular formula is C25H47N3O9. The molecule has 2 fully saturated rings. The standard InChI is InChI=1S/C25H47N3O9/c1-17(31)27-22-24(34)23(33)20(16-30)37-25(22)36-12-8-4-7-11-26-10-6-3-5-9-21(32)28-14-19(35-2)13-18(28)15-29/h18-20,22-26,29-30,33-34H,3-16H2,1-2H3,(H,27,31)/t18-,19+,20?,22?,23?,24?,25?/m0/s1. The SMILES string of the molecule is CO[C@@H]1C[C@@H](CO)N(C(=O)CCCCCNCCCCCOC2OC(CO)C(O)C(O)C2NC(C)=O)C1. The molecule has 2 saturated heterocycles. The quantitative estimate of drug-likeness (QED) is 0.126. The zero-order chi connectivity index (χ0) is 27.2. The van der Waals surface area contributed by atoms with Crippen LogP contribution in [0.2, 0.25) is 0 Å². The van der Waals surface area contributed by atoms with E-state index in [1.54, 1.807) is 12.0 Å². The number of nitrogens with one attached hydrogen (secondary N) is 2. The average Bonchev–Trinajstić information content (AvgIpc) is 3.32. The summed E-state index contributed by atoms with van der Waals surface area (Å²) in [6.07, 6.45) is 2.06. The maximum atomic E-state index is 12.4. The number of carbonyl (C=O) groups is 2. The summed E-state index contributed by atoms with van der Waals surface area (Å²) in [6, 6.07) is -1.05. The molecule has 0 bridgehead atoms.